The van der Waals surface area contributed by atoms with Crippen LogP contribution in [0, 0.1) is 29.4 Å². The Hall–Kier alpha value is -4.61. The Labute approximate surface area is 324 Å². The Morgan fingerprint density at radius 2 is 1.86 bits per heavy atom. The molecule has 11 nitrogen and oxygen atoms in total. The largest absolute Gasteiger partial charge is 0.508 e. The molecule has 0 amide bonds. The Morgan fingerprint density at radius 1 is 1.05 bits per heavy atom. The summed E-state index contributed by atoms with van der Waals surface area (Å²) < 4.78 is 52.6. The van der Waals surface area contributed by atoms with Gasteiger partial charge in [-0.15, -0.1) is 6.42 Å². The van der Waals surface area contributed by atoms with E-state index in [9.17, 15) is 5.11 Å². The number of halogens is 2. The molecule has 13 heteroatoms. The summed E-state index contributed by atoms with van der Waals surface area (Å²) in [6.07, 6.45) is 15.1. The molecule has 3 saturated heterocycles. The van der Waals surface area contributed by atoms with Crippen LogP contribution in [0.4, 0.5) is 14.6 Å². The summed E-state index contributed by atoms with van der Waals surface area (Å²) in [7, 11) is 3.52. The number of rotatable bonds is 11. The van der Waals surface area contributed by atoms with Gasteiger partial charge in [0.25, 0.3) is 0 Å². The number of ether oxygens (including phenoxy) is 3. The van der Waals surface area contributed by atoms with Crippen LogP contribution in [0.5, 0.6) is 11.8 Å². The molecule has 10 rings (SSSR count). The molecule has 1 spiro atoms. The summed E-state index contributed by atoms with van der Waals surface area (Å²) in [6, 6.07) is 6.19. The molecule has 5 heterocycles. The quantitative estimate of drug-likeness (QED) is 0.127. The monoisotopic (exact) mass is 763 g/mol. The van der Waals surface area contributed by atoms with E-state index in [0.717, 1.165) is 90.9 Å². The molecule has 1 N–H and O–H groups in total. The number of morpholine rings is 1. The van der Waals surface area contributed by atoms with Gasteiger partial charge in [-0.1, -0.05) is 12.0 Å². The van der Waals surface area contributed by atoms with Gasteiger partial charge in [0.1, 0.15) is 28.4 Å². The van der Waals surface area contributed by atoms with Crippen molar-refractivity contribution in [2.75, 3.05) is 71.2 Å². The van der Waals surface area contributed by atoms with E-state index in [2.05, 4.69) is 20.6 Å². The minimum Gasteiger partial charge on any atom is -0.508 e. The van der Waals surface area contributed by atoms with E-state index in [1.165, 1.54) is 24.3 Å². The van der Waals surface area contributed by atoms with Crippen molar-refractivity contribution in [2.45, 2.75) is 62.6 Å². The van der Waals surface area contributed by atoms with Crippen molar-refractivity contribution in [1.29, 1.82) is 0 Å². The lowest BCUT2D eigenvalue weighted by atomic mass is 9.91. The molecule has 2 saturated carbocycles. The number of phenols is 1. The van der Waals surface area contributed by atoms with E-state index in [1.807, 2.05) is 6.20 Å². The summed E-state index contributed by atoms with van der Waals surface area (Å²) in [5.41, 5.74) is 0.878. The number of methoxy groups -OCH3 is 1. The predicted molar refractivity (Wildman–Crippen MR) is 210 cm³/mol. The number of phenolic OH excluding ortho intramolecular Hbond substituents is 1. The second-order valence-electron chi connectivity index (χ2n) is 16.9. The topological polar surface area (TPSA) is 101 Å². The molecule has 0 radical (unpaired) electrons. The zero-order valence-corrected chi connectivity index (χ0v) is 32.0. The molecule has 56 heavy (non-hydrogen) atoms. The highest BCUT2D eigenvalue weighted by Crippen LogP contribution is 2.52. The third-order valence-corrected chi connectivity index (χ3v) is 13.1. The lowest BCUT2D eigenvalue weighted by Crippen LogP contribution is -2.54. The number of aromatic nitrogens is 4. The fraction of sp³-hybridized carbons (Fsp3) is 0.512. The highest BCUT2D eigenvalue weighted by atomic mass is 19.1. The first-order valence-corrected chi connectivity index (χ1v) is 19.9. The molecule has 5 fully saturated rings. The Bertz CT molecular complexity index is 2410. The fourth-order valence-electron chi connectivity index (χ4n) is 9.89. The number of likely N-dealkylation sites (tertiary alicyclic amines) is 1. The summed E-state index contributed by atoms with van der Waals surface area (Å²) in [5.74, 6) is 1.74. The number of aromatic hydroxyl groups is 1. The first-order valence-electron chi connectivity index (χ1n) is 19.9. The maximum Gasteiger partial charge on any atom is 0.319 e. The van der Waals surface area contributed by atoms with Gasteiger partial charge in [-0.2, -0.15) is 15.1 Å². The van der Waals surface area contributed by atoms with Gasteiger partial charge >= 0.3 is 6.01 Å². The number of piperazine rings is 1. The van der Waals surface area contributed by atoms with E-state index in [0.29, 0.717) is 46.1 Å². The highest BCUT2D eigenvalue weighted by molar-refractivity contribution is 6.18. The van der Waals surface area contributed by atoms with Crippen LogP contribution in [0.25, 0.3) is 43.7 Å². The van der Waals surface area contributed by atoms with E-state index in [1.54, 1.807) is 18.8 Å². The maximum atomic E-state index is 17.9. The molecule has 3 aromatic carbocycles. The number of nitrogens with zero attached hydrogens (tertiary/aromatic N) is 7. The number of fused-ring (bicyclic) bond motifs is 6. The predicted octanol–water partition coefficient (Wildman–Crippen LogP) is 6.02. The van der Waals surface area contributed by atoms with Crippen LogP contribution in [-0.4, -0.2) is 119 Å². The van der Waals surface area contributed by atoms with E-state index >= 15 is 8.78 Å². The third kappa shape index (κ3) is 5.95. The first kappa shape index (κ1) is 35.8. The second-order valence-corrected chi connectivity index (χ2v) is 16.9. The Kier molecular flexibility index (Phi) is 8.63. The molecular weight excluding hydrogens is 717 g/mol. The van der Waals surface area contributed by atoms with Crippen molar-refractivity contribution < 1.29 is 28.1 Å². The van der Waals surface area contributed by atoms with Crippen LogP contribution >= 0.6 is 0 Å². The molecule has 292 valence electrons. The second kappa shape index (κ2) is 13.5. The zero-order valence-electron chi connectivity index (χ0n) is 32.0. The number of hydrogen-bond acceptors (Lipinski definition) is 10. The van der Waals surface area contributed by atoms with Crippen LogP contribution in [0.1, 0.15) is 50.5 Å². The number of terminal acetylenes is 1. The van der Waals surface area contributed by atoms with Gasteiger partial charge < -0.3 is 24.2 Å². The van der Waals surface area contributed by atoms with Crippen molar-refractivity contribution in [3.63, 3.8) is 0 Å². The van der Waals surface area contributed by atoms with E-state index < -0.39 is 11.6 Å². The average molecular weight is 764 g/mol. The normalized spacial score (nSPS) is 22.7. The average Bonchev–Trinajstić information content (AvgIpc) is 4.08. The number of hydrogen-bond donors (Lipinski definition) is 1. The van der Waals surface area contributed by atoms with Gasteiger partial charge in [-0.05, 0) is 74.1 Å². The molecule has 2 aromatic heterocycles. The lowest BCUT2D eigenvalue weighted by molar-refractivity contribution is -0.0326. The van der Waals surface area contributed by atoms with E-state index in [-0.39, 0.29) is 57.0 Å². The first-order chi connectivity index (χ1) is 27.2. The fourth-order valence-corrected chi connectivity index (χ4v) is 9.89. The third-order valence-electron chi connectivity index (χ3n) is 13.1. The Morgan fingerprint density at radius 3 is 2.59 bits per heavy atom. The van der Waals surface area contributed by atoms with Crippen LogP contribution < -0.4 is 9.64 Å². The summed E-state index contributed by atoms with van der Waals surface area (Å²) in [5, 5.41) is 17.7. The van der Waals surface area contributed by atoms with Gasteiger partial charge in [0, 0.05) is 99.1 Å². The van der Waals surface area contributed by atoms with Crippen LogP contribution in [-0.2, 0) is 16.5 Å². The molecule has 0 unspecified atom stereocenters. The molecule has 2 aliphatic carbocycles. The van der Waals surface area contributed by atoms with Gasteiger partial charge in [-0.3, -0.25) is 14.5 Å². The molecule has 2 bridgehead atoms. The molecule has 2 atom stereocenters. The van der Waals surface area contributed by atoms with E-state index in [4.69, 9.17) is 35.7 Å². The smallest absolute Gasteiger partial charge is 0.319 e. The van der Waals surface area contributed by atoms with Gasteiger partial charge in [0.15, 0.2) is 5.82 Å². The van der Waals surface area contributed by atoms with Crippen molar-refractivity contribution in [2.24, 2.45) is 12.5 Å². The molecule has 5 aliphatic rings. The van der Waals surface area contributed by atoms with Gasteiger partial charge in [0.05, 0.1) is 30.8 Å². The standard InChI is InChI=1S/C43H47F2N7O4/c1-4-30-33(44)9-6-26-18-29(53)19-31(34(26)30)35-37(45)39-36(32-22-49(2)48-38(32)35)40(52-27-7-8-28(52)21-50(20-27)14-5-16-54-3)47-41(46-39)56-24-42(10-11-42)23-51-15-17-55-25-43(51)12-13-43/h1,6,9,18-19,22,27-28,53H,5,7-8,10-17,20-21,23-25H2,2-3H3/t27-,28+. The zero-order chi connectivity index (χ0) is 38.3. The van der Waals surface area contributed by atoms with Crippen molar-refractivity contribution in [3.8, 4) is 35.2 Å². The van der Waals surface area contributed by atoms with Crippen molar-refractivity contribution >= 4 is 38.4 Å². The number of aryl methyl sites for hydroxylation is 1. The summed E-state index contributed by atoms with van der Waals surface area (Å²) in [4.78, 5) is 17.6. The highest BCUT2D eigenvalue weighted by Gasteiger charge is 2.55. The lowest BCUT2D eigenvalue weighted by Gasteiger charge is -2.42. The summed E-state index contributed by atoms with van der Waals surface area (Å²) in [6.45, 7) is 7.19. The Balaban J connectivity index is 1.12. The summed E-state index contributed by atoms with van der Waals surface area (Å²) >= 11 is 0. The van der Waals surface area contributed by atoms with Crippen LogP contribution in [0.15, 0.2) is 30.5 Å². The maximum absolute atomic E-state index is 17.9. The SMILES string of the molecule is C#Cc1c(F)ccc2cc(O)cc(-c3c(F)c4nc(OCC5(CN6CCOCC67CC7)CC5)nc(N5[C@@H]6CC[C@H]5CN(CCCOC)C6)c4c4cn(C)nc34)c12. The van der Waals surface area contributed by atoms with Gasteiger partial charge in [0.2, 0.25) is 0 Å². The minimum atomic E-state index is -0.658. The van der Waals surface area contributed by atoms with Crippen molar-refractivity contribution in [3.05, 3.63) is 47.7 Å². The molecule has 5 aromatic rings. The number of benzene rings is 3. The van der Waals surface area contributed by atoms with Gasteiger partial charge in [-0.25, -0.2) is 8.78 Å². The molecular formula is C43H47F2N7O4. The van der Waals surface area contributed by atoms with Crippen LogP contribution in [0.3, 0.4) is 0 Å². The minimum absolute atomic E-state index is 0.0172. The van der Waals surface area contributed by atoms with Crippen LogP contribution in [0.2, 0.25) is 0 Å². The number of anilines is 1. The molecule has 3 aliphatic heterocycles. The van der Waals surface area contributed by atoms with Crippen molar-refractivity contribution in [1.82, 2.24) is 29.5 Å².